The predicted molar refractivity (Wildman–Crippen MR) is 156 cm³/mol. The minimum atomic E-state index is -0.493. The Bertz CT molecular complexity index is 1150. The summed E-state index contributed by atoms with van der Waals surface area (Å²) in [5.74, 6) is -0.233. The highest BCUT2D eigenvalue weighted by Crippen LogP contribution is 2.38. The number of methoxy groups -OCH3 is 1. The van der Waals surface area contributed by atoms with Gasteiger partial charge >= 0.3 is 0 Å². The first kappa shape index (κ1) is 31.2. The number of fused-ring (bicyclic) bond motifs is 1. The molecule has 0 N–H and O–H groups in total. The molecule has 0 aromatic heterocycles. The van der Waals surface area contributed by atoms with Gasteiger partial charge in [-0.1, -0.05) is 60.7 Å². The van der Waals surface area contributed by atoms with Gasteiger partial charge in [-0.25, -0.2) is 0 Å². The second kappa shape index (κ2) is 16.7. The summed E-state index contributed by atoms with van der Waals surface area (Å²) in [6, 6.07) is 19.8. The maximum absolute atomic E-state index is 13.9. The van der Waals surface area contributed by atoms with Crippen molar-refractivity contribution in [3.05, 3.63) is 84.0 Å². The fourth-order valence-corrected chi connectivity index (χ4v) is 4.77. The predicted octanol–water partition coefficient (Wildman–Crippen LogP) is 5.02. The summed E-state index contributed by atoms with van der Waals surface area (Å²) in [5, 5.41) is 9.29. The average molecular weight is 548 g/mol. The molecule has 0 fully saturated rings. The molecule has 2 aromatic rings. The summed E-state index contributed by atoms with van der Waals surface area (Å²) in [4.78, 5) is 17.9. The largest absolute Gasteiger partial charge is 0.359 e. The molecule has 1 amide bonds. The minimum Gasteiger partial charge on any atom is -0.359 e. The van der Waals surface area contributed by atoms with Gasteiger partial charge in [-0.2, -0.15) is 5.26 Å². The van der Waals surface area contributed by atoms with E-state index in [1.807, 2.05) is 98.6 Å². The molecule has 0 bridgehead atoms. The molecule has 0 radical (unpaired) electrons. The molecule has 2 aromatic carbocycles. The molecule has 8 heteroatoms. The number of anilines is 1. The zero-order chi connectivity index (χ0) is 28.7. The Morgan fingerprint density at radius 3 is 2.40 bits per heavy atom. The monoisotopic (exact) mass is 547 g/mol. The molecular weight excluding hydrogens is 506 g/mol. The third kappa shape index (κ3) is 8.59. The zero-order valence-electron chi connectivity index (χ0n) is 24.0. The van der Waals surface area contributed by atoms with Crippen LogP contribution >= 0.6 is 0 Å². The van der Waals surface area contributed by atoms with E-state index in [2.05, 4.69) is 11.0 Å². The van der Waals surface area contributed by atoms with Crippen molar-refractivity contribution in [2.45, 2.75) is 39.1 Å². The topological polar surface area (TPSA) is 84.3 Å². The molecule has 1 heterocycles. The second-order valence-corrected chi connectivity index (χ2v) is 9.46. The van der Waals surface area contributed by atoms with E-state index in [0.717, 1.165) is 16.8 Å². The van der Waals surface area contributed by atoms with E-state index in [9.17, 15) is 10.1 Å². The van der Waals surface area contributed by atoms with Crippen LogP contribution < -0.4 is 4.90 Å². The maximum atomic E-state index is 13.9. The Kier molecular flexibility index (Phi) is 13.0. The fourth-order valence-electron chi connectivity index (χ4n) is 4.77. The summed E-state index contributed by atoms with van der Waals surface area (Å²) in [6.07, 6.45) is 5.79. The van der Waals surface area contributed by atoms with E-state index < -0.39 is 6.29 Å². The molecule has 40 heavy (non-hydrogen) atoms. The van der Waals surface area contributed by atoms with Crippen molar-refractivity contribution in [1.29, 1.82) is 5.26 Å². The lowest BCUT2D eigenvalue weighted by Crippen LogP contribution is -2.39. The third-order valence-corrected chi connectivity index (χ3v) is 6.69. The van der Waals surface area contributed by atoms with Crippen molar-refractivity contribution >= 4 is 17.2 Å². The number of likely N-dealkylation sites (N-methyl/N-ethyl adjacent to an activating group) is 1. The van der Waals surface area contributed by atoms with Gasteiger partial charge in [0.1, 0.15) is 6.79 Å². The number of rotatable bonds is 17. The molecule has 0 saturated carbocycles. The lowest BCUT2D eigenvalue weighted by molar-refractivity contribution is -0.113. The van der Waals surface area contributed by atoms with Crippen molar-refractivity contribution in [2.24, 2.45) is 5.92 Å². The van der Waals surface area contributed by atoms with Crippen LogP contribution in [0.2, 0.25) is 0 Å². The van der Waals surface area contributed by atoms with Crippen molar-refractivity contribution in [3.8, 4) is 6.07 Å². The van der Waals surface area contributed by atoms with Gasteiger partial charge in [-0.15, -0.1) is 0 Å². The highest BCUT2D eigenvalue weighted by Gasteiger charge is 2.34. The van der Waals surface area contributed by atoms with E-state index in [4.69, 9.17) is 18.9 Å². The van der Waals surface area contributed by atoms with E-state index in [1.165, 1.54) is 0 Å². The highest BCUT2D eigenvalue weighted by atomic mass is 16.7. The molecule has 0 saturated heterocycles. The lowest BCUT2D eigenvalue weighted by Gasteiger charge is -2.31. The number of hydrogen-bond donors (Lipinski definition) is 0. The Labute approximate surface area is 238 Å². The molecule has 0 spiro atoms. The van der Waals surface area contributed by atoms with Crippen LogP contribution in [0.5, 0.6) is 0 Å². The standard InChI is InChI=1S/C32H41N3O5/c1-5-39-31(40-6-2)18-17-26(23-38-24-37-4)30(34(3)20-12-19-33)21-28-27-15-10-11-16-29(27)35(32(28)36)22-25-13-8-7-9-14-25/h7-11,13-18,21,26,30-31H,5-6,12,20,22-24H2,1-4H3/b18-17-,28-21-/t26-,30+/m1/s1. The van der Waals surface area contributed by atoms with Crippen LogP contribution in [0.3, 0.4) is 0 Å². The molecule has 8 nitrogen and oxygen atoms in total. The molecule has 1 aliphatic heterocycles. The van der Waals surface area contributed by atoms with Gasteiger partial charge in [-0.05, 0) is 38.6 Å². The van der Waals surface area contributed by atoms with Gasteiger partial charge < -0.3 is 23.8 Å². The number of para-hydroxylation sites is 1. The first-order valence-electron chi connectivity index (χ1n) is 13.8. The molecule has 1 aliphatic rings. The van der Waals surface area contributed by atoms with Gasteiger partial charge in [0.2, 0.25) is 0 Å². The number of carbonyl (C=O) groups excluding carboxylic acids is 1. The molecule has 0 aliphatic carbocycles. The third-order valence-electron chi connectivity index (χ3n) is 6.69. The number of amides is 1. The summed E-state index contributed by atoms with van der Waals surface area (Å²) >= 11 is 0. The van der Waals surface area contributed by atoms with Crippen LogP contribution in [0.1, 0.15) is 31.4 Å². The first-order valence-corrected chi connectivity index (χ1v) is 13.8. The lowest BCUT2D eigenvalue weighted by atomic mass is 9.94. The Hall–Kier alpha value is -3.32. The van der Waals surface area contributed by atoms with Crippen LogP contribution in [0.15, 0.2) is 72.8 Å². The van der Waals surface area contributed by atoms with Crippen molar-refractivity contribution in [1.82, 2.24) is 4.90 Å². The van der Waals surface area contributed by atoms with Gasteiger partial charge in [0.25, 0.3) is 5.91 Å². The number of nitriles is 1. The quantitative estimate of drug-likeness (QED) is 0.119. The maximum Gasteiger partial charge on any atom is 0.259 e. The van der Waals surface area contributed by atoms with Gasteiger partial charge in [0.05, 0.1) is 24.9 Å². The van der Waals surface area contributed by atoms with Crippen molar-refractivity contribution in [3.63, 3.8) is 0 Å². The van der Waals surface area contributed by atoms with Gasteiger partial charge in [0, 0.05) is 56.4 Å². The second-order valence-electron chi connectivity index (χ2n) is 9.46. The number of benzene rings is 2. The summed E-state index contributed by atoms with van der Waals surface area (Å²) in [6.45, 7) is 6.36. The zero-order valence-corrected chi connectivity index (χ0v) is 24.0. The smallest absolute Gasteiger partial charge is 0.259 e. The van der Waals surface area contributed by atoms with Crippen LogP contribution in [0.25, 0.3) is 5.57 Å². The molecule has 2 atom stereocenters. The van der Waals surface area contributed by atoms with E-state index in [0.29, 0.717) is 44.9 Å². The number of ether oxygens (including phenoxy) is 4. The summed E-state index contributed by atoms with van der Waals surface area (Å²) < 4.78 is 22.4. The Balaban J connectivity index is 2.03. The average Bonchev–Trinajstić information content (AvgIpc) is 3.23. The molecule has 0 unspecified atom stereocenters. The fraction of sp³-hybridized carbons (Fsp3) is 0.438. The summed E-state index contributed by atoms with van der Waals surface area (Å²) in [7, 11) is 3.55. The van der Waals surface area contributed by atoms with Crippen LogP contribution in [-0.2, 0) is 30.3 Å². The Morgan fingerprint density at radius 2 is 1.73 bits per heavy atom. The SMILES string of the molecule is CCOC(/C=C\[C@H](COCOC)[C@H](/C=C1\C(=O)N(Cc2ccccc2)c2ccccc21)N(C)CCC#N)OCC. The number of carbonyl (C=O) groups is 1. The highest BCUT2D eigenvalue weighted by molar-refractivity contribution is 6.32. The molecular formula is C32H41N3O5. The number of nitrogens with zero attached hydrogens (tertiary/aromatic N) is 3. The summed E-state index contributed by atoms with van der Waals surface area (Å²) in [5.41, 5.74) is 3.47. The van der Waals surface area contributed by atoms with Crippen LogP contribution in [-0.4, -0.2) is 70.5 Å². The van der Waals surface area contributed by atoms with Crippen LogP contribution in [0, 0.1) is 17.2 Å². The Morgan fingerprint density at radius 1 is 1.02 bits per heavy atom. The van der Waals surface area contributed by atoms with Crippen LogP contribution in [0.4, 0.5) is 5.69 Å². The van der Waals surface area contributed by atoms with E-state index in [-0.39, 0.29) is 24.7 Å². The molecule has 3 rings (SSSR count). The van der Waals surface area contributed by atoms with Gasteiger partial charge in [0.15, 0.2) is 6.29 Å². The van der Waals surface area contributed by atoms with Crippen molar-refractivity contribution < 1.29 is 23.7 Å². The van der Waals surface area contributed by atoms with Gasteiger partial charge in [-0.3, -0.25) is 9.69 Å². The van der Waals surface area contributed by atoms with E-state index in [1.54, 1.807) is 7.11 Å². The van der Waals surface area contributed by atoms with Crippen molar-refractivity contribution in [2.75, 3.05) is 52.2 Å². The number of hydrogen-bond acceptors (Lipinski definition) is 7. The minimum absolute atomic E-state index is 0.0502. The normalized spacial score (nSPS) is 15.8. The van der Waals surface area contributed by atoms with E-state index >= 15 is 0 Å². The first-order chi connectivity index (χ1) is 19.5. The molecule has 214 valence electrons.